The maximum absolute atomic E-state index is 13.7. The van der Waals surface area contributed by atoms with Crippen LogP contribution in [-0.4, -0.2) is 35.0 Å². The number of amides is 1. The minimum absolute atomic E-state index is 0.0135. The number of carbonyl (C=O) groups is 2. The van der Waals surface area contributed by atoms with Crippen LogP contribution in [0.3, 0.4) is 0 Å². The molecule has 0 radical (unpaired) electrons. The van der Waals surface area contributed by atoms with Gasteiger partial charge in [0.2, 0.25) is 0 Å². The zero-order valence-corrected chi connectivity index (χ0v) is 14.2. The number of carbonyl (C=O) groups excluding carboxylic acids is 2. The molecular weight excluding hydrogens is 346 g/mol. The molecule has 8 heteroatoms. The molecule has 2 heterocycles. The molecule has 0 saturated carbocycles. The molecule has 0 aliphatic carbocycles. The fourth-order valence-electron chi connectivity index (χ4n) is 2.90. The van der Waals surface area contributed by atoms with E-state index in [2.05, 4.69) is 5.16 Å². The molecule has 0 bridgehead atoms. The van der Waals surface area contributed by atoms with Crippen LogP contribution in [-0.2, 0) is 16.1 Å². The fourth-order valence-corrected chi connectivity index (χ4v) is 2.90. The van der Waals surface area contributed by atoms with Gasteiger partial charge >= 0.3 is 5.97 Å². The maximum atomic E-state index is 13.7. The number of halogens is 2. The van der Waals surface area contributed by atoms with E-state index in [4.69, 9.17) is 9.26 Å². The lowest BCUT2D eigenvalue weighted by molar-refractivity contribution is -0.152. The fraction of sp³-hybridized carbons (Fsp3) is 0.389. The average Bonchev–Trinajstić information content (AvgIpc) is 3.04. The van der Waals surface area contributed by atoms with E-state index in [1.54, 1.807) is 13.0 Å². The van der Waals surface area contributed by atoms with Crippen LogP contribution < -0.4 is 0 Å². The Hall–Kier alpha value is -2.77. The van der Waals surface area contributed by atoms with Gasteiger partial charge in [-0.05, 0) is 31.9 Å². The summed E-state index contributed by atoms with van der Waals surface area (Å²) in [5, 5.41) is 3.71. The molecule has 1 fully saturated rings. The van der Waals surface area contributed by atoms with Crippen LogP contribution in [0.2, 0.25) is 0 Å². The number of benzene rings is 1. The van der Waals surface area contributed by atoms with E-state index in [0.29, 0.717) is 43.5 Å². The van der Waals surface area contributed by atoms with Crippen molar-refractivity contribution in [2.75, 3.05) is 13.1 Å². The third-order valence-electron chi connectivity index (χ3n) is 4.31. The molecule has 6 nitrogen and oxygen atoms in total. The highest BCUT2D eigenvalue weighted by atomic mass is 19.1. The van der Waals surface area contributed by atoms with Crippen LogP contribution in [0.1, 0.15) is 34.7 Å². The highest BCUT2D eigenvalue weighted by Crippen LogP contribution is 2.22. The molecule has 26 heavy (non-hydrogen) atoms. The quantitative estimate of drug-likeness (QED) is 0.780. The number of aryl methyl sites for hydroxylation is 1. The van der Waals surface area contributed by atoms with Crippen LogP contribution >= 0.6 is 0 Å². The zero-order valence-electron chi connectivity index (χ0n) is 14.2. The summed E-state index contributed by atoms with van der Waals surface area (Å²) in [6.07, 6.45) is 0.839. The van der Waals surface area contributed by atoms with Crippen molar-refractivity contribution in [3.05, 3.63) is 52.9 Å². The molecule has 3 rings (SSSR count). The number of rotatable bonds is 4. The number of likely N-dealkylation sites (tertiary alicyclic amines) is 1. The highest BCUT2D eigenvalue weighted by molar-refractivity contribution is 5.94. The van der Waals surface area contributed by atoms with E-state index in [0.717, 1.165) is 12.1 Å². The molecule has 1 aliphatic rings. The van der Waals surface area contributed by atoms with Gasteiger partial charge in [-0.2, -0.15) is 0 Å². The van der Waals surface area contributed by atoms with E-state index < -0.39 is 17.5 Å². The van der Waals surface area contributed by atoms with Gasteiger partial charge in [0, 0.05) is 25.2 Å². The highest BCUT2D eigenvalue weighted by Gasteiger charge is 2.30. The number of esters is 1. The Kier molecular flexibility index (Phi) is 5.29. The Morgan fingerprint density at radius 1 is 1.27 bits per heavy atom. The first kappa shape index (κ1) is 18.0. The molecular formula is C18H18F2N2O4. The van der Waals surface area contributed by atoms with E-state index in [1.165, 1.54) is 4.90 Å². The summed E-state index contributed by atoms with van der Waals surface area (Å²) in [7, 11) is 0. The molecule has 1 aromatic heterocycles. The van der Waals surface area contributed by atoms with Crippen LogP contribution in [0.5, 0.6) is 0 Å². The molecule has 1 aliphatic heterocycles. The third-order valence-corrected chi connectivity index (χ3v) is 4.31. The van der Waals surface area contributed by atoms with Gasteiger partial charge in [0.25, 0.3) is 5.91 Å². The lowest BCUT2D eigenvalue weighted by Crippen LogP contribution is -2.41. The second-order valence-corrected chi connectivity index (χ2v) is 6.23. The molecule has 0 unspecified atom stereocenters. The number of piperidine rings is 1. The number of nitrogens with zero attached hydrogens (tertiary/aromatic N) is 2. The topological polar surface area (TPSA) is 72.6 Å². The second-order valence-electron chi connectivity index (χ2n) is 6.23. The predicted molar refractivity (Wildman–Crippen MR) is 86.0 cm³/mol. The van der Waals surface area contributed by atoms with Crippen molar-refractivity contribution in [1.82, 2.24) is 10.1 Å². The Morgan fingerprint density at radius 2 is 2.00 bits per heavy atom. The van der Waals surface area contributed by atoms with Gasteiger partial charge in [-0.25, -0.2) is 8.78 Å². The summed E-state index contributed by atoms with van der Waals surface area (Å²) < 4.78 is 36.9. The van der Waals surface area contributed by atoms with Crippen molar-refractivity contribution in [3.63, 3.8) is 0 Å². The maximum Gasteiger partial charge on any atom is 0.309 e. The Bertz CT molecular complexity index is 813. The zero-order chi connectivity index (χ0) is 18.7. The van der Waals surface area contributed by atoms with Gasteiger partial charge in [0.05, 0.1) is 17.2 Å². The van der Waals surface area contributed by atoms with Gasteiger partial charge in [-0.15, -0.1) is 0 Å². The first-order valence-corrected chi connectivity index (χ1v) is 8.27. The molecule has 1 amide bonds. The molecule has 0 N–H and O–H groups in total. The van der Waals surface area contributed by atoms with Gasteiger partial charge in [-0.3, -0.25) is 9.59 Å². The van der Waals surface area contributed by atoms with Gasteiger partial charge in [0.1, 0.15) is 11.6 Å². The third kappa shape index (κ3) is 4.07. The van der Waals surface area contributed by atoms with E-state index >= 15 is 0 Å². The van der Waals surface area contributed by atoms with Crippen molar-refractivity contribution in [1.29, 1.82) is 0 Å². The monoisotopic (exact) mass is 364 g/mol. The van der Waals surface area contributed by atoms with E-state index in [9.17, 15) is 18.4 Å². The smallest absolute Gasteiger partial charge is 0.309 e. The van der Waals surface area contributed by atoms with Crippen molar-refractivity contribution < 1.29 is 27.6 Å². The SMILES string of the molecule is Cc1cc(COC(=O)C2CCN(C(=O)c3ccc(F)cc3F)CC2)on1. The number of ether oxygens (including phenoxy) is 1. The summed E-state index contributed by atoms with van der Waals surface area (Å²) in [5.41, 5.74) is 0.531. The average molecular weight is 364 g/mol. The summed E-state index contributed by atoms with van der Waals surface area (Å²) in [4.78, 5) is 25.9. The van der Waals surface area contributed by atoms with Crippen molar-refractivity contribution in [2.45, 2.75) is 26.4 Å². The second kappa shape index (κ2) is 7.63. The molecule has 1 aromatic carbocycles. The summed E-state index contributed by atoms with van der Waals surface area (Å²) in [5.74, 6) is -2.36. The Balaban J connectivity index is 1.51. The van der Waals surface area contributed by atoms with Crippen LogP contribution in [0, 0.1) is 24.5 Å². The molecule has 138 valence electrons. The van der Waals surface area contributed by atoms with Gasteiger partial charge < -0.3 is 14.2 Å². The largest absolute Gasteiger partial charge is 0.457 e. The predicted octanol–water partition coefficient (Wildman–Crippen LogP) is 2.86. The summed E-state index contributed by atoms with van der Waals surface area (Å²) in [6, 6.07) is 4.55. The first-order valence-electron chi connectivity index (χ1n) is 8.27. The molecule has 1 saturated heterocycles. The summed E-state index contributed by atoms with van der Waals surface area (Å²) in [6.45, 7) is 2.39. The van der Waals surface area contributed by atoms with Gasteiger partial charge in [0.15, 0.2) is 12.4 Å². The minimum atomic E-state index is -0.890. The summed E-state index contributed by atoms with van der Waals surface area (Å²) >= 11 is 0. The molecule has 0 spiro atoms. The normalized spacial score (nSPS) is 15.1. The minimum Gasteiger partial charge on any atom is -0.457 e. The Morgan fingerprint density at radius 3 is 2.62 bits per heavy atom. The van der Waals surface area contributed by atoms with Crippen LogP contribution in [0.25, 0.3) is 0 Å². The Labute approximate surface area is 148 Å². The van der Waals surface area contributed by atoms with Crippen LogP contribution in [0.15, 0.2) is 28.8 Å². The number of aromatic nitrogens is 1. The van der Waals surface area contributed by atoms with E-state index in [-0.39, 0.29) is 24.1 Å². The lowest BCUT2D eigenvalue weighted by atomic mass is 9.96. The van der Waals surface area contributed by atoms with Gasteiger partial charge in [-0.1, -0.05) is 5.16 Å². The molecule has 0 atom stereocenters. The van der Waals surface area contributed by atoms with Crippen molar-refractivity contribution in [2.24, 2.45) is 5.92 Å². The van der Waals surface area contributed by atoms with Crippen molar-refractivity contribution in [3.8, 4) is 0 Å². The lowest BCUT2D eigenvalue weighted by Gasteiger charge is -2.31. The number of hydrogen-bond donors (Lipinski definition) is 0. The first-order chi connectivity index (χ1) is 12.4. The van der Waals surface area contributed by atoms with Crippen molar-refractivity contribution >= 4 is 11.9 Å². The standard InChI is InChI=1S/C18H18F2N2O4/c1-11-8-14(26-21-11)10-25-18(24)12-4-6-22(7-5-12)17(23)15-3-2-13(19)9-16(15)20/h2-3,8-9,12H,4-7,10H2,1H3. The van der Waals surface area contributed by atoms with E-state index in [1.807, 2.05) is 0 Å². The van der Waals surface area contributed by atoms with Crippen LogP contribution in [0.4, 0.5) is 8.78 Å². The molecule has 2 aromatic rings. The number of hydrogen-bond acceptors (Lipinski definition) is 5.